The van der Waals surface area contributed by atoms with E-state index >= 15 is 0 Å². The highest BCUT2D eigenvalue weighted by Gasteiger charge is 1.98. The first kappa shape index (κ1) is 10.6. The topological polar surface area (TPSA) is 60.2 Å². The Morgan fingerprint density at radius 3 is 2.69 bits per heavy atom. The van der Waals surface area contributed by atoms with Crippen molar-refractivity contribution in [2.24, 2.45) is 0 Å². The minimum atomic E-state index is 0.600. The molecule has 0 aliphatic carbocycles. The molecular weight excluding hydrogens is 206 g/mol. The molecule has 84 valence electrons. The van der Waals surface area contributed by atoms with Crippen LogP contribution in [0.15, 0.2) is 35.2 Å². The van der Waals surface area contributed by atoms with Gasteiger partial charge in [0, 0.05) is 6.54 Å². The molecule has 0 fully saturated rings. The number of nitrogens with zero attached hydrogens (tertiary/aromatic N) is 2. The zero-order chi connectivity index (χ0) is 11.2. The highest BCUT2D eigenvalue weighted by atomic mass is 16.5. The number of hydrogen-bond acceptors (Lipinski definition) is 5. The molecular formula is C11H13N3O2. The summed E-state index contributed by atoms with van der Waals surface area (Å²) < 4.78 is 9.71. The van der Waals surface area contributed by atoms with Crippen molar-refractivity contribution in [3.05, 3.63) is 42.0 Å². The number of ether oxygens (including phenoxy) is 1. The molecule has 5 nitrogen and oxygen atoms in total. The Bertz CT molecular complexity index is 411. The summed E-state index contributed by atoms with van der Waals surface area (Å²) in [6.07, 6.45) is 1.32. The van der Waals surface area contributed by atoms with Gasteiger partial charge in [0.2, 0.25) is 6.39 Å². The Labute approximate surface area is 93.4 Å². The summed E-state index contributed by atoms with van der Waals surface area (Å²) >= 11 is 0. The molecule has 1 heterocycles. The highest BCUT2D eigenvalue weighted by molar-refractivity contribution is 5.26. The summed E-state index contributed by atoms with van der Waals surface area (Å²) in [6.45, 7) is 1.36. The van der Waals surface area contributed by atoms with Gasteiger partial charge in [-0.2, -0.15) is 4.98 Å². The van der Waals surface area contributed by atoms with Crippen LogP contribution >= 0.6 is 0 Å². The van der Waals surface area contributed by atoms with Gasteiger partial charge < -0.3 is 14.6 Å². The molecule has 16 heavy (non-hydrogen) atoms. The summed E-state index contributed by atoms with van der Waals surface area (Å²) in [5.41, 5.74) is 1.18. The molecule has 0 amide bonds. The van der Waals surface area contributed by atoms with Crippen molar-refractivity contribution in [1.29, 1.82) is 0 Å². The fraction of sp³-hybridized carbons (Fsp3) is 0.273. The zero-order valence-electron chi connectivity index (χ0n) is 9.01. The van der Waals surface area contributed by atoms with Gasteiger partial charge in [0.15, 0.2) is 5.82 Å². The van der Waals surface area contributed by atoms with Crippen LogP contribution in [-0.2, 0) is 13.1 Å². The van der Waals surface area contributed by atoms with E-state index in [1.807, 2.05) is 24.3 Å². The van der Waals surface area contributed by atoms with Crippen molar-refractivity contribution in [2.75, 3.05) is 7.11 Å². The van der Waals surface area contributed by atoms with Crippen molar-refractivity contribution in [2.45, 2.75) is 13.1 Å². The van der Waals surface area contributed by atoms with Gasteiger partial charge in [-0.05, 0) is 17.7 Å². The summed E-state index contributed by atoms with van der Waals surface area (Å²) in [6, 6.07) is 7.90. The number of hydrogen-bond donors (Lipinski definition) is 1. The third-order valence-corrected chi connectivity index (χ3v) is 2.18. The Kier molecular flexibility index (Phi) is 3.50. The quantitative estimate of drug-likeness (QED) is 0.822. The minimum absolute atomic E-state index is 0.600. The number of aromatic nitrogens is 2. The maximum absolute atomic E-state index is 5.08. The number of benzene rings is 1. The largest absolute Gasteiger partial charge is 0.497 e. The second-order valence-corrected chi connectivity index (χ2v) is 3.30. The Balaban J connectivity index is 1.81. The van der Waals surface area contributed by atoms with E-state index in [1.165, 1.54) is 12.0 Å². The molecule has 0 atom stereocenters. The molecule has 0 saturated carbocycles. The zero-order valence-corrected chi connectivity index (χ0v) is 9.01. The first-order valence-corrected chi connectivity index (χ1v) is 4.97. The Morgan fingerprint density at radius 2 is 2.06 bits per heavy atom. The van der Waals surface area contributed by atoms with Crippen LogP contribution in [0.5, 0.6) is 5.75 Å². The molecule has 1 N–H and O–H groups in total. The van der Waals surface area contributed by atoms with Gasteiger partial charge in [-0.1, -0.05) is 17.3 Å². The monoisotopic (exact) mass is 219 g/mol. The molecule has 1 aromatic heterocycles. The lowest BCUT2D eigenvalue weighted by Gasteiger charge is -2.03. The van der Waals surface area contributed by atoms with Crippen LogP contribution in [0, 0.1) is 0 Å². The van der Waals surface area contributed by atoms with Crippen molar-refractivity contribution in [3.63, 3.8) is 0 Å². The maximum atomic E-state index is 5.08. The highest BCUT2D eigenvalue weighted by Crippen LogP contribution is 2.10. The Hall–Kier alpha value is -1.88. The fourth-order valence-electron chi connectivity index (χ4n) is 1.33. The molecule has 0 saturated heterocycles. The van der Waals surface area contributed by atoms with Crippen molar-refractivity contribution >= 4 is 0 Å². The van der Waals surface area contributed by atoms with Crippen LogP contribution in [0.2, 0.25) is 0 Å². The van der Waals surface area contributed by atoms with Gasteiger partial charge in [-0.25, -0.2) is 0 Å². The smallest absolute Gasteiger partial charge is 0.213 e. The van der Waals surface area contributed by atoms with Crippen molar-refractivity contribution in [3.8, 4) is 5.75 Å². The first-order valence-electron chi connectivity index (χ1n) is 4.97. The molecule has 0 aliphatic heterocycles. The SMILES string of the molecule is COc1ccc(CNCc2ncon2)cc1. The molecule has 0 unspecified atom stereocenters. The van der Waals surface area contributed by atoms with Crippen molar-refractivity contribution < 1.29 is 9.26 Å². The summed E-state index contributed by atoms with van der Waals surface area (Å²) in [5, 5.41) is 6.92. The predicted octanol–water partition coefficient (Wildman–Crippen LogP) is 1.37. The maximum Gasteiger partial charge on any atom is 0.213 e. The van der Waals surface area contributed by atoms with E-state index < -0.39 is 0 Å². The van der Waals surface area contributed by atoms with Gasteiger partial charge in [-0.15, -0.1) is 0 Å². The lowest BCUT2D eigenvalue weighted by molar-refractivity contribution is 0.407. The third kappa shape index (κ3) is 2.80. The average Bonchev–Trinajstić information content (AvgIpc) is 2.83. The second kappa shape index (κ2) is 5.27. The van der Waals surface area contributed by atoms with Crippen LogP contribution in [0.1, 0.15) is 11.4 Å². The molecule has 0 spiro atoms. The number of methoxy groups -OCH3 is 1. The summed E-state index contributed by atoms with van der Waals surface area (Å²) in [4.78, 5) is 3.91. The predicted molar refractivity (Wildman–Crippen MR) is 57.8 cm³/mol. The van der Waals surface area contributed by atoms with E-state index in [4.69, 9.17) is 4.74 Å². The van der Waals surface area contributed by atoms with Crippen LogP contribution in [0.4, 0.5) is 0 Å². The van der Waals surface area contributed by atoms with Crippen LogP contribution in [0.3, 0.4) is 0 Å². The lowest BCUT2D eigenvalue weighted by atomic mass is 10.2. The van der Waals surface area contributed by atoms with Gasteiger partial charge in [0.05, 0.1) is 13.7 Å². The third-order valence-electron chi connectivity index (χ3n) is 2.18. The average molecular weight is 219 g/mol. The molecule has 2 rings (SSSR count). The summed E-state index contributed by atoms with van der Waals surface area (Å²) in [7, 11) is 1.66. The lowest BCUT2D eigenvalue weighted by Crippen LogP contribution is -2.13. The van der Waals surface area contributed by atoms with Crippen LogP contribution < -0.4 is 10.1 Å². The molecule has 0 bridgehead atoms. The van der Waals surface area contributed by atoms with E-state index in [0.717, 1.165) is 12.3 Å². The van der Waals surface area contributed by atoms with E-state index in [9.17, 15) is 0 Å². The molecule has 2 aromatic rings. The molecule has 1 aromatic carbocycles. The van der Waals surface area contributed by atoms with Gasteiger partial charge >= 0.3 is 0 Å². The van der Waals surface area contributed by atoms with E-state index in [0.29, 0.717) is 12.4 Å². The van der Waals surface area contributed by atoms with Crippen LogP contribution in [-0.4, -0.2) is 17.3 Å². The van der Waals surface area contributed by atoms with Gasteiger partial charge in [-0.3, -0.25) is 0 Å². The van der Waals surface area contributed by atoms with Crippen molar-refractivity contribution in [1.82, 2.24) is 15.5 Å². The fourth-order valence-corrected chi connectivity index (χ4v) is 1.33. The first-order chi connectivity index (χ1) is 7.88. The molecule has 5 heteroatoms. The second-order valence-electron chi connectivity index (χ2n) is 3.30. The normalized spacial score (nSPS) is 10.3. The van der Waals surface area contributed by atoms with E-state index in [2.05, 4.69) is 20.0 Å². The molecule has 0 aliphatic rings. The number of rotatable bonds is 5. The Morgan fingerprint density at radius 1 is 1.25 bits per heavy atom. The van der Waals surface area contributed by atoms with E-state index in [-0.39, 0.29) is 0 Å². The van der Waals surface area contributed by atoms with Gasteiger partial charge in [0.25, 0.3) is 0 Å². The van der Waals surface area contributed by atoms with Gasteiger partial charge in [0.1, 0.15) is 5.75 Å². The number of nitrogens with one attached hydrogen (secondary N) is 1. The van der Waals surface area contributed by atoms with Crippen LogP contribution in [0.25, 0.3) is 0 Å². The van der Waals surface area contributed by atoms with E-state index in [1.54, 1.807) is 7.11 Å². The standard InChI is InChI=1S/C11H13N3O2/c1-15-10-4-2-9(3-5-10)6-12-7-11-13-8-16-14-11/h2-5,8,12H,6-7H2,1H3. The minimum Gasteiger partial charge on any atom is -0.497 e. The summed E-state index contributed by atoms with van der Waals surface area (Å²) in [5.74, 6) is 1.52. The molecule has 0 radical (unpaired) electrons.